The van der Waals surface area contributed by atoms with Gasteiger partial charge in [-0.3, -0.25) is 14.4 Å². The maximum atomic E-state index is 14.6. The van der Waals surface area contributed by atoms with Crippen LogP contribution in [0.25, 0.3) is 0 Å². The summed E-state index contributed by atoms with van der Waals surface area (Å²) in [4.78, 5) is 85.4. The number of Topliss-reactive ketones (excluding diaryl/α,β-unsaturated/α-hetero) is 1. The molecule has 5 aliphatic rings. The summed E-state index contributed by atoms with van der Waals surface area (Å²) in [6, 6.07) is -2.06. The lowest BCUT2D eigenvalue weighted by molar-refractivity contribution is -0.265. The standard InChI is InChI=1S/C65H99N11O14/c1-38-15-11-10-12-16-39(2)52(86-8)31-47-20-18-44(7)65(85,90-47)59(82)61(83)76-22-14-13-17-49(76)62(84)89-53(48(66)29-45-19-21-50(77)54(30-45)87-9)32-51(78)40(3)28-42(5)57(80)58(81)56(41(4)27-38)73-88-37-55(79)68-34-46-35-70-63(71-36-46)74-23-25-75(26-24-74)64-69-33-43(6)60(67)72-64/h10-12,15-16,28,33,35-36,38,40-41,44-45,47-54,57-58,77-78,80-81,85H,13-14,17-27,29-32,34,37,66H2,1-9H3,(H,68,79)(H2,67,69,72)/b12-10?,15-11+,39-16?,42-28+,73-56+/t38-,40-,41-,44-,45+,47+,48-,49+,50-,51-,52+,53+,54-,57-,58+,65-/m1/s1. The number of ether oxygens (including phenoxy) is 4. The summed E-state index contributed by atoms with van der Waals surface area (Å²) in [5.41, 5.74) is 15.7. The Morgan fingerprint density at radius 1 is 0.811 bits per heavy atom. The van der Waals surface area contributed by atoms with Gasteiger partial charge in [0.25, 0.3) is 17.6 Å². The molecule has 2 aromatic heterocycles. The number of methoxy groups -OCH3 is 2. The van der Waals surface area contributed by atoms with Gasteiger partial charge in [-0.15, -0.1) is 0 Å². The number of ketones is 1. The van der Waals surface area contributed by atoms with E-state index < -0.39 is 115 Å². The number of aryl methyl sites for hydroxylation is 1. The molecular formula is C65H99N11O14. The van der Waals surface area contributed by atoms with E-state index in [0.29, 0.717) is 107 Å². The van der Waals surface area contributed by atoms with Gasteiger partial charge in [-0.25, -0.2) is 19.7 Å². The third-order valence-electron chi connectivity index (χ3n) is 18.6. The molecule has 1 aliphatic carbocycles. The van der Waals surface area contributed by atoms with Crippen molar-refractivity contribution in [3.63, 3.8) is 0 Å². The van der Waals surface area contributed by atoms with Gasteiger partial charge in [0.1, 0.15) is 30.2 Å². The molecule has 2 amide bonds. The number of hydrogen-bond donors (Lipinski definition) is 8. The number of cyclic esters (lactones) is 1. The molecule has 4 fully saturated rings. The number of amides is 2. The van der Waals surface area contributed by atoms with Crippen LogP contribution >= 0.6 is 0 Å². The predicted molar refractivity (Wildman–Crippen MR) is 338 cm³/mol. The normalized spacial score (nSPS) is 33.7. The second kappa shape index (κ2) is 33.3. The molecule has 0 radical (unpaired) electrons. The van der Waals surface area contributed by atoms with Gasteiger partial charge in [0.2, 0.25) is 17.7 Å². The Bertz CT molecular complexity index is 2870. The van der Waals surface area contributed by atoms with Gasteiger partial charge in [0.05, 0.1) is 36.2 Å². The van der Waals surface area contributed by atoms with E-state index in [1.165, 1.54) is 7.11 Å². The van der Waals surface area contributed by atoms with Gasteiger partial charge in [-0.1, -0.05) is 69.3 Å². The lowest BCUT2D eigenvalue weighted by atomic mass is 9.80. The van der Waals surface area contributed by atoms with Gasteiger partial charge < -0.3 is 80.8 Å². The molecule has 25 heteroatoms. The van der Waals surface area contributed by atoms with Crippen molar-refractivity contribution in [2.24, 2.45) is 40.5 Å². The minimum atomic E-state index is -2.48. The molecule has 7 rings (SSSR count). The highest BCUT2D eigenvalue weighted by molar-refractivity contribution is 6.39. The first-order valence-electron chi connectivity index (χ1n) is 32.0. The summed E-state index contributed by atoms with van der Waals surface area (Å²) in [6.45, 7) is 14.8. The number of aliphatic hydroxyl groups excluding tert-OH is 4. The number of rotatable bonds is 12. The van der Waals surface area contributed by atoms with Crippen molar-refractivity contribution < 1.29 is 68.5 Å². The van der Waals surface area contributed by atoms with Crippen molar-refractivity contribution in [1.82, 2.24) is 30.2 Å². The molecule has 3 saturated heterocycles. The Hall–Kier alpha value is -6.29. The molecular weight excluding hydrogens is 1160 g/mol. The molecule has 16 atom stereocenters. The number of nitrogens with zero attached hydrogens (tertiary/aromatic N) is 8. The maximum absolute atomic E-state index is 14.6. The highest BCUT2D eigenvalue weighted by Gasteiger charge is 2.53. The molecule has 0 aromatic carbocycles. The van der Waals surface area contributed by atoms with E-state index >= 15 is 0 Å². The van der Waals surface area contributed by atoms with E-state index in [4.69, 9.17) is 35.3 Å². The zero-order valence-corrected chi connectivity index (χ0v) is 53.9. The van der Waals surface area contributed by atoms with E-state index in [1.54, 1.807) is 52.5 Å². The Morgan fingerprint density at radius 2 is 1.51 bits per heavy atom. The number of nitrogens with two attached hydrogens (primary N) is 2. The fourth-order valence-corrected chi connectivity index (χ4v) is 12.7. The van der Waals surface area contributed by atoms with Crippen molar-refractivity contribution in [1.29, 1.82) is 0 Å². The van der Waals surface area contributed by atoms with E-state index in [1.807, 2.05) is 58.1 Å². The number of aromatic nitrogens is 4. The summed E-state index contributed by atoms with van der Waals surface area (Å²) < 4.78 is 23.9. The Labute approximate surface area is 529 Å². The molecule has 0 spiro atoms. The average molecular weight is 1260 g/mol. The minimum absolute atomic E-state index is 0.0326. The molecule has 0 unspecified atom stereocenters. The Balaban J connectivity index is 1.09. The van der Waals surface area contributed by atoms with Crippen molar-refractivity contribution in [2.45, 2.75) is 199 Å². The fraction of sp³-hybridized carbons (Fsp3) is 0.677. The van der Waals surface area contributed by atoms with Crippen molar-refractivity contribution >= 4 is 47.0 Å². The number of anilines is 3. The van der Waals surface area contributed by atoms with Crippen LogP contribution in [-0.4, -0.2) is 200 Å². The quantitative estimate of drug-likeness (QED) is 0.0646. The first kappa shape index (κ1) is 71.2. The zero-order valence-electron chi connectivity index (χ0n) is 53.9. The lowest BCUT2D eigenvalue weighted by Crippen LogP contribution is -2.61. The first-order chi connectivity index (χ1) is 42.9. The summed E-state index contributed by atoms with van der Waals surface area (Å²) in [6.07, 6.45) is 12.8. The minimum Gasteiger partial charge on any atom is -0.459 e. The molecule has 1 saturated carbocycles. The summed E-state index contributed by atoms with van der Waals surface area (Å²) in [5, 5.41) is 65.7. The number of aliphatic hydroxyl groups is 5. The van der Waals surface area contributed by atoms with Crippen LogP contribution in [0.4, 0.5) is 17.7 Å². The number of piperazine rings is 1. The molecule has 498 valence electrons. The van der Waals surface area contributed by atoms with Gasteiger partial charge in [0, 0.05) is 120 Å². The number of oxime groups is 1. The van der Waals surface area contributed by atoms with Crippen LogP contribution in [0.5, 0.6) is 0 Å². The van der Waals surface area contributed by atoms with Crippen molar-refractivity contribution in [3.05, 3.63) is 77.3 Å². The first-order valence-corrected chi connectivity index (χ1v) is 32.0. The largest absolute Gasteiger partial charge is 0.459 e. The molecule has 2 bridgehead atoms. The van der Waals surface area contributed by atoms with E-state index in [9.17, 15) is 44.7 Å². The molecule has 2 aromatic rings. The molecule has 6 heterocycles. The number of nitrogens with one attached hydrogen (secondary N) is 1. The van der Waals surface area contributed by atoms with Crippen LogP contribution in [0.15, 0.2) is 71.3 Å². The maximum Gasteiger partial charge on any atom is 0.329 e. The monoisotopic (exact) mass is 1260 g/mol. The van der Waals surface area contributed by atoms with Crippen LogP contribution in [0.3, 0.4) is 0 Å². The molecule has 25 nitrogen and oxygen atoms in total. The third kappa shape index (κ3) is 18.9. The number of allylic oxidation sites excluding steroid dienone is 5. The van der Waals surface area contributed by atoms with Gasteiger partial charge in [-0.05, 0) is 108 Å². The topological polar surface area (TPSA) is 353 Å². The Kier molecular flexibility index (Phi) is 26.4. The number of esters is 1. The van der Waals surface area contributed by atoms with Crippen LogP contribution < -0.4 is 26.6 Å². The van der Waals surface area contributed by atoms with E-state index in [-0.39, 0.29) is 55.5 Å². The Morgan fingerprint density at radius 3 is 2.20 bits per heavy atom. The number of carbonyl (C=O) groups is 4. The number of nitrogen functional groups attached to an aromatic ring is 1. The predicted octanol–water partition coefficient (Wildman–Crippen LogP) is 3.93. The number of hydrogen-bond acceptors (Lipinski definition) is 23. The number of piperidine rings is 1. The van der Waals surface area contributed by atoms with Crippen molar-refractivity contribution in [2.75, 3.05) is 69.1 Å². The van der Waals surface area contributed by atoms with Crippen LogP contribution in [-0.2, 0) is 49.5 Å². The van der Waals surface area contributed by atoms with Gasteiger partial charge in [-0.2, -0.15) is 4.98 Å². The smallest absolute Gasteiger partial charge is 0.329 e. The zero-order chi connectivity index (χ0) is 65.4. The van der Waals surface area contributed by atoms with Crippen LogP contribution in [0, 0.1) is 36.5 Å². The highest BCUT2D eigenvalue weighted by atomic mass is 16.6. The van der Waals surface area contributed by atoms with E-state index in [2.05, 4.69) is 40.2 Å². The fourth-order valence-electron chi connectivity index (χ4n) is 12.7. The number of carbonyl (C=O) groups excluding carboxylic acids is 4. The third-order valence-corrected chi connectivity index (χ3v) is 18.6. The summed E-state index contributed by atoms with van der Waals surface area (Å²) in [7, 11) is 3.09. The highest BCUT2D eigenvalue weighted by Crippen LogP contribution is 2.38. The van der Waals surface area contributed by atoms with Crippen LogP contribution in [0.1, 0.15) is 130 Å². The number of fused-ring (bicyclic) bond motifs is 3. The second-order valence-electron chi connectivity index (χ2n) is 25.5. The average Bonchev–Trinajstić information content (AvgIpc) is 0.896. The summed E-state index contributed by atoms with van der Waals surface area (Å²) >= 11 is 0. The van der Waals surface area contributed by atoms with Crippen LogP contribution in [0.2, 0.25) is 0 Å². The lowest BCUT2D eigenvalue weighted by Gasteiger charge is -2.42. The van der Waals surface area contributed by atoms with Gasteiger partial charge in [0.15, 0.2) is 6.61 Å². The summed E-state index contributed by atoms with van der Waals surface area (Å²) in [5.74, 6) is -6.58. The SMILES string of the molecule is CO[C@H]1C[C@@H]2CC[C@@H](C)[C@@](O)(O2)C(=O)C(=O)N2CCCC[C@H]2C(=O)O[C@H]([C@H](N)C[C@@H]2CC[C@@H](O)[C@H](OC)C2)C[C@@H](O)[C@H](C)/C=C(\C)[C@@H](O)[C@@H](O)/C(=N/OCC(=O)NCc2cnc(N3CCN(c4ncc(C)c(N)n4)CC3)nc2)[C@H](C)C[C@H](C)/C=C/C=CC=C1C. The molecule has 10 N–H and O–H groups in total. The molecule has 90 heavy (non-hydrogen) atoms. The second-order valence-corrected chi connectivity index (χ2v) is 25.5. The van der Waals surface area contributed by atoms with Gasteiger partial charge >= 0.3 is 5.97 Å². The van der Waals surface area contributed by atoms with E-state index in [0.717, 1.165) is 16.0 Å². The van der Waals surface area contributed by atoms with Crippen molar-refractivity contribution in [3.8, 4) is 0 Å². The molecule has 4 aliphatic heterocycles.